The highest BCUT2D eigenvalue weighted by Crippen LogP contribution is 2.57. The highest BCUT2D eigenvalue weighted by Gasteiger charge is 2.56. The van der Waals surface area contributed by atoms with Crippen molar-refractivity contribution in [1.29, 1.82) is 0 Å². The summed E-state index contributed by atoms with van der Waals surface area (Å²) < 4.78 is 1.71. The zero-order valence-corrected chi connectivity index (χ0v) is 22.2. The van der Waals surface area contributed by atoms with Crippen LogP contribution in [-0.4, -0.2) is 30.6 Å². The van der Waals surface area contributed by atoms with E-state index in [0.29, 0.717) is 10.2 Å². The number of hydrogen-bond acceptors (Lipinski definition) is 5. The van der Waals surface area contributed by atoms with Crippen LogP contribution in [0.2, 0.25) is 5.02 Å². The first kappa shape index (κ1) is 26.0. The summed E-state index contributed by atoms with van der Waals surface area (Å²) in [5.74, 6) is -0.106. The molecule has 1 unspecified atom stereocenters. The molecule has 1 atom stereocenters. The molecule has 33 heavy (non-hydrogen) atoms. The second-order valence-corrected chi connectivity index (χ2v) is 10.8. The molecule has 0 radical (unpaired) electrons. The first-order chi connectivity index (χ1) is 15.6. The summed E-state index contributed by atoms with van der Waals surface area (Å²) in [6.45, 7) is 12.5. The van der Waals surface area contributed by atoms with E-state index in [0.717, 1.165) is 66.1 Å². The van der Waals surface area contributed by atoms with Gasteiger partial charge in [-0.1, -0.05) is 58.4 Å². The summed E-state index contributed by atoms with van der Waals surface area (Å²) in [5, 5.41) is 18.2. The summed E-state index contributed by atoms with van der Waals surface area (Å²) in [6, 6.07) is 6.12. The molecule has 1 aliphatic rings. The molecule has 0 spiro atoms. The third kappa shape index (κ3) is 4.80. The minimum Gasteiger partial charge on any atom is -0.383 e. The van der Waals surface area contributed by atoms with Crippen molar-refractivity contribution in [1.82, 2.24) is 14.8 Å². The van der Waals surface area contributed by atoms with Gasteiger partial charge in [0.25, 0.3) is 0 Å². The molecule has 0 amide bonds. The molecule has 5 nitrogen and oxygen atoms in total. The molecule has 2 aromatic rings. The molecule has 0 saturated heterocycles. The van der Waals surface area contributed by atoms with Gasteiger partial charge in [-0.2, -0.15) is 5.10 Å². The zero-order chi connectivity index (χ0) is 24.4. The van der Waals surface area contributed by atoms with Gasteiger partial charge in [0.1, 0.15) is 11.9 Å². The van der Waals surface area contributed by atoms with Crippen LogP contribution in [0.1, 0.15) is 77.8 Å². The van der Waals surface area contributed by atoms with Crippen LogP contribution in [0.5, 0.6) is 0 Å². The minimum absolute atomic E-state index is 0.0383. The number of halogens is 1. The van der Waals surface area contributed by atoms with Gasteiger partial charge in [-0.15, -0.1) is 0 Å². The summed E-state index contributed by atoms with van der Waals surface area (Å²) >= 11 is 7.78. The maximum atomic E-state index is 12.5. The summed E-state index contributed by atoms with van der Waals surface area (Å²) in [7, 11) is 0. The molecule has 0 aliphatic heterocycles. The third-order valence-electron chi connectivity index (χ3n) is 7.37. The van der Waals surface area contributed by atoms with E-state index < -0.39 is 5.60 Å². The minimum atomic E-state index is -1.11. The van der Waals surface area contributed by atoms with Gasteiger partial charge in [-0.3, -0.25) is 4.79 Å². The van der Waals surface area contributed by atoms with Crippen molar-refractivity contribution in [3.05, 3.63) is 46.2 Å². The summed E-state index contributed by atoms with van der Waals surface area (Å²) in [5.41, 5.74) is 2.86. The van der Waals surface area contributed by atoms with Crippen molar-refractivity contribution < 1.29 is 9.90 Å². The maximum Gasteiger partial charge on any atom is 0.199 e. The molecule has 1 aromatic carbocycles. The van der Waals surface area contributed by atoms with Crippen LogP contribution in [0.4, 0.5) is 0 Å². The second kappa shape index (κ2) is 10.3. The van der Waals surface area contributed by atoms with Crippen molar-refractivity contribution in [2.75, 3.05) is 0 Å². The van der Waals surface area contributed by atoms with E-state index in [9.17, 15) is 9.90 Å². The fourth-order valence-electron chi connectivity index (χ4n) is 5.25. The predicted molar refractivity (Wildman–Crippen MR) is 136 cm³/mol. The smallest absolute Gasteiger partial charge is 0.199 e. The van der Waals surface area contributed by atoms with Crippen molar-refractivity contribution in [2.24, 2.45) is 11.3 Å². The van der Waals surface area contributed by atoms with Crippen LogP contribution >= 0.6 is 23.4 Å². The number of carbonyl (C=O) groups is 1. The Morgan fingerprint density at radius 2 is 1.97 bits per heavy atom. The van der Waals surface area contributed by atoms with Gasteiger partial charge in [0.15, 0.2) is 10.3 Å². The number of aryl methyl sites for hydroxylation is 1. The van der Waals surface area contributed by atoms with E-state index >= 15 is 0 Å². The largest absolute Gasteiger partial charge is 0.383 e. The summed E-state index contributed by atoms with van der Waals surface area (Å²) in [6.07, 6.45) is 5.66. The third-order valence-corrected chi connectivity index (χ3v) is 8.86. The number of hydrogen-bond donors (Lipinski definition) is 1. The number of allylic oxidation sites excluding steroid dienone is 1. The van der Waals surface area contributed by atoms with Gasteiger partial charge in [-0.25, -0.2) is 9.67 Å². The molecule has 0 bridgehead atoms. The first-order valence-electron chi connectivity index (χ1n) is 11.9. The number of carbonyl (C=O) groups excluding carboxylic acids is 1. The number of rotatable bonds is 8. The van der Waals surface area contributed by atoms with Gasteiger partial charge in [0, 0.05) is 16.4 Å². The molecule has 1 aromatic heterocycles. The van der Waals surface area contributed by atoms with E-state index in [2.05, 4.69) is 43.0 Å². The molecule has 180 valence electrons. The predicted octanol–water partition coefficient (Wildman–Crippen LogP) is 6.71. The van der Waals surface area contributed by atoms with E-state index in [1.54, 1.807) is 4.68 Å². The fourth-order valence-corrected chi connectivity index (χ4v) is 6.33. The lowest BCUT2D eigenvalue weighted by atomic mass is 9.68. The quantitative estimate of drug-likeness (QED) is 0.417. The van der Waals surface area contributed by atoms with Crippen molar-refractivity contribution >= 4 is 34.1 Å². The Kier molecular flexibility index (Phi) is 8.13. The molecule has 7 heteroatoms. The van der Waals surface area contributed by atoms with Gasteiger partial charge in [0.05, 0.1) is 6.54 Å². The lowest BCUT2D eigenvalue weighted by Crippen LogP contribution is -2.48. The van der Waals surface area contributed by atoms with E-state index in [-0.39, 0.29) is 23.0 Å². The molecule has 1 N–H and O–H groups in total. The highest BCUT2D eigenvalue weighted by atomic mass is 35.5. The molecular weight excluding hydrogens is 454 g/mol. The standard InChI is InChI=1S/C26H36ClN3O2S/c1-7-19(20-11-10-18(6)14-22(20)27)21-12-13-25(8-2,9-3)26(21,32)15-30-24(28-16-29-30)33-23(31)17(4)5/h10-11,14,16-17,32H,7-9,12-13,15H2,1-6H3/b21-19+. The highest BCUT2D eigenvalue weighted by molar-refractivity contribution is 8.13. The SMILES string of the molecule is CC/C(=C1/CCC(CC)(CC)C1(O)Cn1ncnc1SC(=O)C(C)C)c1ccc(C)cc1Cl. The Labute approximate surface area is 207 Å². The number of aliphatic hydroxyl groups is 1. The number of thioether (sulfide) groups is 1. The Morgan fingerprint density at radius 3 is 2.55 bits per heavy atom. The lowest BCUT2D eigenvalue weighted by Gasteiger charge is -2.43. The molecular formula is C26H36ClN3O2S. The monoisotopic (exact) mass is 489 g/mol. The van der Waals surface area contributed by atoms with Gasteiger partial charge < -0.3 is 5.11 Å². The van der Waals surface area contributed by atoms with Crippen LogP contribution in [0, 0.1) is 18.3 Å². The number of aromatic nitrogens is 3. The molecule has 1 aliphatic carbocycles. The lowest BCUT2D eigenvalue weighted by molar-refractivity contribution is -0.113. The van der Waals surface area contributed by atoms with Crippen LogP contribution in [0.3, 0.4) is 0 Å². The van der Waals surface area contributed by atoms with Crippen molar-refractivity contribution in [3.63, 3.8) is 0 Å². The van der Waals surface area contributed by atoms with E-state index in [4.69, 9.17) is 11.6 Å². The maximum absolute atomic E-state index is 12.5. The molecule has 1 heterocycles. The Bertz CT molecular complexity index is 1040. The normalized spacial score (nSPS) is 21.6. The fraction of sp³-hybridized carbons (Fsp3) is 0.577. The van der Waals surface area contributed by atoms with Gasteiger partial charge in [-0.05, 0) is 79.1 Å². The Hall–Kier alpha value is -1.63. The van der Waals surface area contributed by atoms with E-state index in [1.807, 2.05) is 26.8 Å². The average Bonchev–Trinajstić information content (AvgIpc) is 3.32. The average molecular weight is 490 g/mol. The van der Waals surface area contributed by atoms with Gasteiger partial charge >= 0.3 is 0 Å². The van der Waals surface area contributed by atoms with Crippen LogP contribution in [0.25, 0.3) is 5.57 Å². The van der Waals surface area contributed by atoms with Crippen LogP contribution in [-0.2, 0) is 11.3 Å². The molecule has 3 rings (SSSR count). The Balaban J connectivity index is 2.14. The van der Waals surface area contributed by atoms with Crippen LogP contribution < -0.4 is 0 Å². The first-order valence-corrected chi connectivity index (χ1v) is 13.1. The molecule has 1 fully saturated rings. The zero-order valence-electron chi connectivity index (χ0n) is 20.6. The molecule has 1 saturated carbocycles. The second-order valence-electron chi connectivity index (χ2n) is 9.42. The van der Waals surface area contributed by atoms with Crippen molar-refractivity contribution in [2.45, 2.75) is 90.9 Å². The number of benzene rings is 1. The van der Waals surface area contributed by atoms with Crippen molar-refractivity contribution in [3.8, 4) is 0 Å². The summed E-state index contributed by atoms with van der Waals surface area (Å²) in [4.78, 5) is 16.7. The number of nitrogens with zero attached hydrogens (tertiary/aromatic N) is 3. The van der Waals surface area contributed by atoms with Gasteiger partial charge in [0.2, 0.25) is 0 Å². The van der Waals surface area contributed by atoms with E-state index in [1.165, 1.54) is 6.33 Å². The van der Waals surface area contributed by atoms with Crippen LogP contribution in [0.15, 0.2) is 35.3 Å². The topological polar surface area (TPSA) is 68.0 Å². The Morgan fingerprint density at radius 1 is 1.27 bits per heavy atom.